The number of hydrogen-bond acceptors (Lipinski definition) is 7. The fourth-order valence-corrected chi connectivity index (χ4v) is 3.39. The van der Waals surface area contributed by atoms with Gasteiger partial charge in [0.15, 0.2) is 0 Å². The van der Waals surface area contributed by atoms with E-state index in [9.17, 15) is 15.3 Å². The van der Waals surface area contributed by atoms with Gasteiger partial charge < -0.3 is 24.5 Å². The summed E-state index contributed by atoms with van der Waals surface area (Å²) < 4.78 is 11.2. The molecule has 1 fully saturated rings. The van der Waals surface area contributed by atoms with Crippen molar-refractivity contribution in [1.82, 2.24) is 10.2 Å². The number of aliphatic hydroxyl groups excluding tert-OH is 3. The third-order valence-electron chi connectivity index (χ3n) is 4.98. The van der Waals surface area contributed by atoms with Gasteiger partial charge in [0, 0.05) is 30.0 Å². The van der Waals surface area contributed by atoms with Gasteiger partial charge in [0.1, 0.15) is 12.2 Å². The summed E-state index contributed by atoms with van der Waals surface area (Å²) in [5, 5.41) is 37.6. The van der Waals surface area contributed by atoms with Gasteiger partial charge in [-0.05, 0) is 42.0 Å². The van der Waals surface area contributed by atoms with E-state index in [1.54, 1.807) is 6.92 Å². The molecular weight excluding hydrogens is 384 g/mol. The number of aliphatic hydroxyl groups is 3. The van der Waals surface area contributed by atoms with Gasteiger partial charge in [0.25, 0.3) is 0 Å². The molecule has 0 radical (unpaired) electrons. The van der Waals surface area contributed by atoms with Crippen LogP contribution in [0.5, 0.6) is 0 Å². The second kappa shape index (κ2) is 8.78. The minimum atomic E-state index is -1.06. The summed E-state index contributed by atoms with van der Waals surface area (Å²) in [6, 6.07) is 14.8. The van der Waals surface area contributed by atoms with Crippen LogP contribution in [0.4, 0.5) is 0 Å². The minimum Gasteiger partial charge on any atom is -0.421 e. The lowest BCUT2D eigenvalue weighted by Crippen LogP contribution is -2.44. The molecule has 0 aliphatic carbocycles. The van der Waals surface area contributed by atoms with Crippen molar-refractivity contribution < 1.29 is 24.5 Å². The largest absolute Gasteiger partial charge is 0.421 e. The predicted molar refractivity (Wildman–Crippen MR) is 108 cm³/mol. The summed E-state index contributed by atoms with van der Waals surface area (Å²) in [5.41, 5.74) is 3.10. The van der Waals surface area contributed by atoms with E-state index in [0.717, 1.165) is 16.7 Å². The van der Waals surface area contributed by atoms with Crippen LogP contribution in [0.1, 0.15) is 35.1 Å². The van der Waals surface area contributed by atoms with Gasteiger partial charge in [-0.2, -0.15) is 0 Å². The molecule has 1 aromatic heterocycles. The van der Waals surface area contributed by atoms with E-state index >= 15 is 0 Å². The summed E-state index contributed by atoms with van der Waals surface area (Å²) in [6.07, 6.45) is -3.03. The van der Waals surface area contributed by atoms with E-state index in [1.165, 1.54) is 0 Å². The van der Waals surface area contributed by atoms with Crippen LogP contribution in [0.15, 0.2) is 52.9 Å². The Labute approximate surface area is 174 Å². The van der Waals surface area contributed by atoms with Crippen molar-refractivity contribution in [2.24, 2.45) is 0 Å². The second-order valence-corrected chi connectivity index (χ2v) is 7.23. The van der Waals surface area contributed by atoms with E-state index in [0.29, 0.717) is 17.3 Å². The molecule has 1 aliphatic rings. The van der Waals surface area contributed by atoms with Gasteiger partial charge in [-0.1, -0.05) is 24.0 Å². The van der Waals surface area contributed by atoms with Crippen LogP contribution >= 0.6 is 0 Å². The molecule has 4 unspecified atom stereocenters. The molecular formula is C23H22N2O5. The molecule has 1 saturated heterocycles. The van der Waals surface area contributed by atoms with Crippen molar-refractivity contribution in [1.29, 1.82) is 0 Å². The summed E-state index contributed by atoms with van der Waals surface area (Å²) in [6.45, 7) is 1.53. The average Bonchev–Trinajstić information content (AvgIpc) is 3.21. The van der Waals surface area contributed by atoms with E-state index < -0.39 is 24.4 Å². The Hall–Kier alpha value is -3.02. The Kier molecular flexibility index (Phi) is 5.93. The highest BCUT2D eigenvalue weighted by Gasteiger charge is 2.37. The van der Waals surface area contributed by atoms with Crippen LogP contribution in [0.2, 0.25) is 0 Å². The van der Waals surface area contributed by atoms with Crippen LogP contribution in [-0.2, 0) is 4.74 Å². The number of aryl methyl sites for hydroxylation is 1. The van der Waals surface area contributed by atoms with Crippen LogP contribution < -0.4 is 0 Å². The lowest BCUT2D eigenvalue weighted by Gasteiger charge is -2.36. The molecule has 30 heavy (non-hydrogen) atoms. The van der Waals surface area contributed by atoms with Crippen molar-refractivity contribution in [3.63, 3.8) is 0 Å². The van der Waals surface area contributed by atoms with Gasteiger partial charge in [-0.3, -0.25) is 0 Å². The zero-order chi connectivity index (χ0) is 21.1. The Morgan fingerprint density at radius 1 is 1.03 bits per heavy atom. The van der Waals surface area contributed by atoms with Crippen molar-refractivity contribution in [2.45, 2.75) is 37.8 Å². The number of rotatable bonds is 3. The maximum atomic E-state index is 10.3. The van der Waals surface area contributed by atoms with Gasteiger partial charge >= 0.3 is 0 Å². The molecule has 0 amide bonds. The fourth-order valence-electron chi connectivity index (χ4n) is 3.39. The van der Waals surface area contributed by atoms with Crippen molar-refractivity contribution >= 4 is 0 Å². The number of nitrogens with zero attached hydrogens (tertiary/aromatic N) is 2. The average molecular weight is 406 g/mol. The topological polar surface area (TPSA) is 109 Å². The molecule has 2 heterocycles. The maximum absolute atomic E-state index is 10.3. The van der Waals surface area contributed by atoms with E-state index in [-0.39, 0.29) is 13.0 Å². The third-order valence-corrected chi connectivity index (χ3v) is 4.98. The highest BCUT2D eigenvalue weighted by molar-refractivity contribution is 5.55. The number of ether oxygens (including phenoxy) is 1. The Morgan fingerprint density at radius 3 is 2.50 bits per heavy atom. The Bertz CT molecular complexity index is 1070. The monoisotopic (exact) mass is 406 g/mol. The smallest absolute Gasteiger partial charge is 0.247 e. The molecule has 0 spiro atoms. The number of aromatic nitrogens is 2. The van der Waals surface area contributed by atoms with E-state index in [2.05, 4.69) is 22.0 Å². The zero-order valence-electron chi connectivity index (χ0n) is 16.4. The number of hydrogen-bond donors (Lipinski definition) is 3. The fraction of sp³-hybridized carbons (Fsp3) is 0.304. The van der Waals surface area contributed by atoms with Crippen LogP contribution in [0, 0.1) is 18.8 Å². The SMILES string of the molecule is Cc1nnc(-c2ccc(C#Cc3cccc(C4OC(CO)CC(O)C4O)c3)cc2)o1. The molecule has 4 atom stereocenters. The van der Waals surface area contributed by atoms with E-state index in [4.69, 9.17) is 9.15 Å². The Morgan fingerprint density at radius 2 is 1.80 bits per heavy atom. The quantitative estimate of drug-likeness (QED) is 0.571. The lowest BCUT2D eigenvalue weighted by molar-refractivity contribution is -0.179. The van der Waals surface area contributed by atoms with Crippen molar-refractivity contribution in [3.05, 3.63) is 71.1 Å². The van der Waals surface area contributed by atoms with Crippen LogP contribution in [0.25, 0.3) is 11.5 Å². The highest BCUT2D eigenvalue weighted by atomic mass is 16.5. The normalized spacial score (nSPS) is 23.6. The van der Waals surface area contributed by atoms with Gasteiger partial charge in [0.05, 0.1) is 18.8 Å². The van der Waals surface area contributed by atoms with Crippen LogP contribution in [-0.4, -0.2) is 50.4 Å². The summed E-state index contributed by atoms with van der Waals surface area (Å²) in [4.78, 5) is 0. The first kappa shape index (κ1) is 20.3. The molecule has 7 heteroatoms. The first-order chi connectivity index (χ1) is 14.5. The first-order valence-corrected chi connectivity index (χ1v) is 9.68. The molecule has 3 aromatic rings. The van der Waals surface area contributed by atoms with Gasteiger partial charge in [0.2, 0.25) is 11.8 Å². The summed E-state index contributed by atoms with van der Waals surface area (Å²) >= 11 is 0. The van der Waals surface area contributed by atoms with Crippen LogP contribution in [0.3, 0.4) is 0 Å². The molecule has 3 N–H and O–H groups in total. The summed E-state index contributed by atoms with van der Waals surface area (Å²) in [5.74, 6) is 7.19. The Balaban J connectivity index is 1.52. The second-order valence-electron chi connectivity index (χ2n) is 7.23. The molecule has 4 rings (SSSR count). The molecule has 0 bridgehead atoms. The standard InChI is InChI=1S/C23H22N2O5/c1-14-24-25-23(29-14)17-9-7-15(8-10-17)5-6-16-3-2-4-18(11-16)22-21(28)20(27)12-19(13-26)30-22/h2-4,7-11,19-22,26-28H,12-13H2,1H3. The lowest BCUT2D eigenvalue weighted by atomic mass is 9.92. The number of benzene rings is 2. The zero-order valence-corrected chi connectivity index (χ0v) is 16.4. The first-order valence-electron chi connectivity index (χ1n) is 9.68. The maximum Gasteiger partial charge on any atom is 0.247 e. The molecule has 154 valence electrons. The summed E-state index contributed by atoms with van der Waals surface area (Å²) in [7, 11) is 0. The van der Waals surface area contributed by atoms with Gasteiger partial charge in [-0.25, -0.2) is 0 Å². The molecule has 2 aromatic carbocycles. The minimum absolute atomic E-state index is 0.201. The highest BCUT2D eigenvalue weighted by Crippen LogP contribution is 2.32. The third kappa shape index (κ3) is 4.42. The van der Waals surface area contributed by atoms with Crippen molar-refractivity contribution in [2.75, 3.05) is 6.61 Å². The van der Waals surface area contributed by atoms with Crippen molar-refractivity contribution in [3.8, 4) is 23.3 Å². The molecule has 1 aliphatic heterocycles. The molecule has 7 nitrogen and oxygen atoms in total. The van der Waals surface area contributed by atoms with E-state index in [1.807, 2.05) is 48.5 Å². The van der Waals surface area contributed by atoms with Gasteiger partial charge in [-0.15, -0.1) is 10.2 Å². The molecule has 0 saturated carbocycles. The predicted octanol–water partition coefficient (Wildman–Crippen LogP) is 1.99.